The summed E-state index contributed by atoms with van der Waals surface area (Å²) in [7, 11) is 0. The summed E-state index contributed by atoms with van der Waals surface area (Å²) in [6.07, 6.45) is 0. The third kappa shape index (κ3) is 1.68. The smallest absolute Gasteiger partial charge is 0.0349 e. The van der Waals surface area contributed by atoms with Gasteiger partial charge in [0.1, 0.15) is 0 Å². The van der Waals surface area contributed by atoms with E-state index >= 15 is 0 Å². The van der Waals surface area contributed by atoms with Crippen molar-refractivity contribution in [2.45, 2.75) is 0 Å². The largest absolute Gasteiger partial charge is 0.143 e. The summed E-state index contributed by atoms with van der Waals surface area (Å²) in [4.78, 5) is 0. The molecule has 16 heavy (non-hydrogen) atoms. The molecule has 3 aromatic rings. The van der Waals surface area contributed by atoms with E-state index in [2.05, 4.69) is 63.8 Å². The average Bonchev–Trinajstić information content (AvgIpc) is 2.74. The van der Waals surface area contributed by atoms with Crippen LogP contribution in [0.5, 0.6) is 0 Å². The van der Waals surface area contributed by atoms with Crippen molar-refractivity contribution < 1.29 is 0 Å². The Morgan fingerprint density at radius 3 is 2.75 bits per heavy atom. The van der Waals surface area contributed by atoms with E-state index in [1.54, 1.807) is 11.3 Å². The Morgan fingerprint density at radius 1 is 1.06 bits per heavy atom. The highest BCUT2D eigenvalue weighted by molar-refractivity contribution is 9.10. The average molecular weight is 288 g/mol. The van der Waals surface area contributed by atoms with Crippen molar-refractivity contribution >= 4 is 37.4 Å². The Hall–Kier alpha value is -1.12. The molecule has 1 radical (unpaired) electrons. The van der Waals surface area contributed by atoms with Crippen LogP contribution in [0.4, 0.5) is 0 Å². The first kappa shape index (κ1) is 10.1. The molecule has 0 spiro atoms. The summed E-state index contributed by atoms with van der Waals surface area (Å²) in [6.45, 7) is 0. The summed E-state index contributed by atoms with van der Waals surface area (Å²) in [5.41, 5.74) is 2.42. The van der Waals surface area contributed by atoms with Crippen LogP contribution in [0.1, 0.15) is 0 Å². The van der Waals surface area contributed by atoms with E-state index in [-0.39, 0.29) is 0 Å². The number of thiophene rings is 1. The number of fused-ring (bicyclic) bond motifs is 1. The predicted octanol–water partition coefficient (Wildman–Crippen LogP) is 5.13. The molecule has 2 heteroatoms. The van der Waals surface area contributed by atoms with Crippen LogP contribution < -0.4 is 0 Å². The molecule has 2 aromatic carbocycles. The molecule has 0 unspecified atom stereocenters. The Balaban J connectivity index is 2.22. The third-order valence-corrected chi connectivity index (χ3v) is 4.00. The van der Waals surface area contributed by atoms with E-state index in [9.17, 15) is 0 Å². The van der Waals surface area contributed by atoms with Gasteiger partial charge in [0.25, 0.3) is 0 Å². The molecule has 0 nitrogen and oxygen atoms in total. The summed E-state index contributed by atoms with van der Waals surface area (Å²) in [5, 5.41) is 3.51. The van der Waals surface area contributed by atoms with Crippen molar-refractivity contribution in [1.82, 2.24) is 0 Å². The Labute approximate surface area is 107 Å². The molecular formula is C14H8BrS. The van der Waals surface area contributed by atoms with Gasteiger partial charge in [-0.05, 0) is 35.2 Å². The van der Waals surface area contributed by atoms with Gasteiger partial charge >= 0.3 is 0 Å². The molecule has 1 aromatic heterocycles. The zero-order chi connectivity index (χ0) is 11.0. The molecule has 0 bridgehead atoms. The van der Waals surface area contributed by atoms with Gasteiger partial charge in [-0.25, -0.2) is 0 Å². The summed E-state index contributed by atoms with van der Waals surface area (Å²) in [6, 6.07) is 17.9. The summed E-state index contributed by atoms with van der Waals surface area (Å²) in [5.74, 6) is 0. The monoisotopic (exact) mass is 287 g/mol. The maximum atomic E-state index is 3.43. The fraction of sp³-hybridized carbons (Fsp3) is 0. The van der Waals surface area contributed by atoms with E-state index in [1.165, 1.54) is 15.6 Å². The molecule has 0 fully saturated rings. The lowest BCUT2D eigenvalue weighted by atomic mass is 10.1. The summed E-state index contributed by atoms with van der Waals surface area (Å²) < 4.78 is 2.39. The number of hydrogen-bond donors (Lipinski definition) is 0. The molecule has 3 rings (SSSR count). The van der Waals surface area contributed by atoms with E-state index < -0.39 is 0 Å². The zero-order valence-corrected chi connectivity index (χ0v) is 10.8. The van der Waals surface area contributed by atoms with Crippen molar-refractivity contribution in [3.05, 3.63) is 58.4 Å². The fourth-order valence-corrected chi connectivity index (χ4v) is 2.97. The van der Waals surface area contributed by atoms with Crippen LogP contribution >= 0.6 is 27.3 Å². The minimum Gasteiger partial charge on any atom is -0.143 e. The van der Waals surface area contributed by atoms with Gasteiger partial charge in [-0.3, -0.25) is 0 Å². The minimum absolute atomic E-state index is 1.07. The van der Waals surface area contributed by atoms with Crippen LogP contribution in [0.25, 0.3) is 21.2 Å². The first-order valence-corrected chi connectivity index (χ1v) is 6.66. The van der Waals surface area contributed by atoms with E-state index in [4.69, 9.17) is 0 Å². The minimum atomic E-state index is 1.07. The number of halogens is 1. The maximum absolute atomic E-state index is 3.43. The van der Waals surface area contributed by atoms with Crippen LogP contribution in [0, 0.1) is 6.07 Å². The highest BCUT2D eigenvalue weighted by Crippen LogP contribution is 2.33. The Bertz CT molecular complexity index is 623. The van der Waals surface area contributed by atoms with Crippen molar-refractivity contribution in [1.29, 1.82) is 0 Å². The molecule has 0 aliphatic carbocycles. The maximum Gasteiger partial charge on any atom is 0.0349 e. The zero-order valence-electron chi connectivity index (χ0n) is 8.41. The van der Waals surface area contributed by atoms with Crippen molar-refractivity contribution in [2.75, 3.05) is 0 Å². The van der Waals surface area contributed by atoms with Gasteiger partial charge in [0, 0.05) is 20.1 Å². The van der Waals surface area contributed by atoms with E-state index in [0.29, 0.717) is 0 Å². The SMILES string of the molecule is Brc1c[c]c(-c2csc3ccccc23)cc1. The van der Waals surface area contributed by atoms with Gasteiger partial charge in [0.05, 0.1) is 0 Å². The van der Waals surface area contributed by atoms with Gasteiger partial charge in [-0.1, -0.05) is 40.2 Å². The molecule has 0 aliphatic rings. The lowest BCUT2D eigenvalue weighted by Gasteiger charge is -1.99. The highest BCUT2D eigenvalue weighted by atomic mass is 79.9. The Morgan fingerprint density at radius 2 is 1.94 bits per heavy atom. The van der Waals surface area contributed by atoms with Crippen LogP contribution in [-0.4, -0.2) is 0 Å². The standard InChI is InChI=1S/C14H8BrS/c15-11-7-5-10(6-8-11)13-9-16-14-4-2-1-3-12(13)14/h1-5,7-9H. The van der Waals surface area contributed by atoms with Crippen molar-refractivity contribution in [3.63, 3.8) is 0 Å². The topological polar surface area (TPSA) is 0 Å². The normalized spacial score (nSPS) is 10.8. The van der Waals surface area contributed by atoms with Crippen LogP contribution in [0.2, 0.25) is 0 Å². The molecule has 0 N–H and O–H groups in total. The molecule has 0 saturated heterocycles. The third-order valence-electron chi connectivity index (χ3n) is 2.55. The summed E-state index contributed by atoms with van der Waals surface area (Å²) >= 11 is 5.21. The molecular weight excluding hydrogens is 280 g/mol. The van der Waals surface area contributed by atoms with Crippen LogP contribution in [0.3, 0.4) is 0 Å². The molecule has 0 amide bonds. The Kier molecular flexibility index (Phi) is 2.54. The molecule has 0 atom stereocenters. The van der Waals surface area contributed by atoms with Gasteiger partial charge in [-0.15, -0.1) is 11.3 Å². The van der Waals surface area contributed by atoms with Gasteiger partial charge in [0.2, 0.25) is 0 Å². The molecule has 77 valence electrons. The lowest BCUT2D eigenvalue weighted by molar-refractivity contribution is 1.62. The van der Waals surface area contributed by atoms with Gasteiger partial charge in [-0.2, -0.15) is 0 Å². The first-order valence-electron chi connectivity index (χ1n) is 4.98. The molecule has 0 aliphatic heterocycles. The second-order valence-corrected chi connectivity index (χ2v) is 5.39. The number of hydrogen-bond acceptors (Lipinski definition) is 1. The van der Waals surface area contributed by atoms with E-state index in [1.807, 2.05) is 6.07 Å². The lowest BCUT2D eigenvalue weighted by Crippen LogP contribution is -1.75. The van der Waals surface area contributed by atoms with Gasteiger partial charge in [0.15, 0.2) is 0 Å². The first-order chi connectivity index (χ1) is 7.84. The number of benzene rings is 2. The van der Waals surface area contributed by atoms with E-state index in [0.717, 1.165) is 10.0 Å². The van der Waals surface area contributed by atoms with Crippen LogP contribution in [0.15, 0.2) is 52.3 Å². The second-order valence-electron chi connectivity index (χ2n) is 3.57. The van der Waals surface area contributed by atoms with Gasteiger partial charge < -0.3 is 0 Å². The molecule has 0 saturated carbocycles. The fourth-order valence-electron chi connectivity index (χ4n) is 1.76. The molecule has 1 heterocycles. The van der Waals surface area contributed by atoms with Crippen LogP contribution in [-0.2, 0) is 0 Å². The highest BCUT2D eigenvalue weighted by Gasteiger charge is 2.05. The number of rotatable bonds is 1. The predicted molar refractivity (Wildman–Crippen MR) is 73.8 cm³/mol. The quantitative estimate of drug-likeness (QED) is 0.582. The van der Waals surface area contributed by atoms with Crippen molar-refractivity contribution in [3.8, 4) is 11.1 Å². The second kappa shape index (κ2) is 4.04. The van der Waals surface area contributed by atoms with Crippen molar-refractivity contribution in [2.24, 2.45) is 0 Å².